The maximum absolute atomic E-state index is 12.6. The van der Waals surface area contributed by atoms with Gasteiger partial charge in [0, 0.05) is 19.2 Å². The number of rotatable bonds is 3. The zero-order chi connectivity index (χ0) is 16.5. The van der Waals surface area contributed by atoms with E-state index in [9.17, 15) is 28.1 Å². The molecular weight excluding hydrogens is 305 g/mol. The van der Waals surface area contributed by atoms with Crippen LogP contribution in [0.3, 0.4) is 0 Å². The molecule has 0 radical (unpaired) electrons. The van der Waals surface area contributed by atoms with Gasteiger partial charge >= 0.3 is 12.1 Å². The average Bonchev–Trinajstić information content (AvgIpc) is 2.45. The number of hydrogen-bond acceptors (Lipinski definition) is 4. The van der Waals surface area contributed by atoms with Gasteiger partial charge in [0.05, 0.1) is 16.4 Å². The molecule has 0 saturated carbocycles. The molecule has 0 bridgehead atoms. The third kappa shape index (κ3) is 3.29. The lowest BCUT2D eigenvalue weighted by atomic mass is 9.96. The Kier molecular flexibility index (Phi) is 4.25. The minimum absolute atomic E-state index is 0.0850. The molecule has 0 unspecified atom stereocenters. The Bertz CT molecular complexity index is 595. The summed E-state index contributed by atoms with van der Waals surface area (Å²) in [4.78, 5) is 22.6. The molecule has 22 heavy (non-hydrogen) atoms. The highest BCUT2D eigenvalue weighted by Gasteiger charge is 2.34. The fraction of sp³-hybridized carbons (Fsp3) is 0.462. The Morgan fingerprint density at radius 1 is 1.32 bits per heavy atom. The predicted molar refractivity (Wildman–Crippen MR) is 70.7 cm³/mol. The number of anilines is 1. The number of carboxylic acid groups (broad SMARTS) is 1. The quantitative estimate of drug-likeness (QED) is 0.684. The van der Waals surface area contributed by atoms with E-state index in [1.54, 1.807) is 4.90 Å². The van der Waals surface area contributed by atoms with Gasteiger partial charge in [-0.2, -0.15) is 13.2 Å². The van der Waals surface area contributed by atoms with Crippen molar-refractivity contribution in [3.8, 4) is 0 Å². The maximum atomic E-state index is 12.6. The third-order valence-electron chi connectivity index (χ3n) is 3.68. The van der Waals surface area contributed by atoms with Crippen LogP contribution in [0.4, 0.5) is 24.5 Å². The van der Waals surface area contributed by atoms with Gasteiger partial charge in [0.25, 0.3) is 5.69 Å². The molecule has 6 nitrogen and oxygen atoms in total. The lowest BCUT2D eigenvalue weighted by Gasteiger charge is -2.31. The highest BCUT2D eigenvalue weighted by Crippen LogP contribution is 2.37. The second-order valence-corrected chi connectivity index (χ2v) is 5.06. The molecule has 0 atom stereocenters. The SMILES string of the molecule is O=C(O)C1CCN(c2ccc(C(F)(F)F)cc2[N+](=O)[O-])CC1. The standard InChI is InChI=1S/C13H13F3N2O4/c14-13(15,16)9-1-2-10(11(7-9)18(21)22)17-5-3-8(4-6-17)12(19)20/h1-2,7-8H,3-6H2,(H,19,20). The molecule has 1 heterocycles. The van der Waals surface area contributed by atoms with Crippen LogP contribution >= 0.6 is 0 Å². The Morgan fingerprint density at radius 3 is 2.36 bits per heavy atom. The number of halogens is 3. The van der Waals surface area contributed by atoms with Crippen LogP contribution in [0.2, 0.25) is 0 Å². The molecule has 0 aliphatic carbocycles. The summed E-state index contributed by atoms with van der Waals surface area (Å²) < 4.78 is 37.9. The van der Waals surface area contributed by atoms with E-state index < -0.39 is 34.2 Å². The van der Waals surface area contributed by atoms with Crippen molar-refractivity contribution in [1.82, 2.24) is 0 Å². The lowest BCUT2D eigenvalue weighted by molar-refractivity contribution is -0.384. The van der Waals surface area contributed by atoms with E-state index in [0.29, 0.717) is 18.9 Å². The second kappa shape index (κ2) is 5.82. The zero-order valence-corrected chi connectivity index (χ0v) is 11.3. The summed E-state index contributed by atoms with van der Waals surface area (Å²) in [5.74, 6) is -1.45. The smallest absolute Gasteiger partial charge is 0.416 e. The predicted octanol–water partition coefficient (Wildman–Crippen LogP) is 2.91. The summed E-state index contributed by atoms with van der Waals surface area (Å²) in [5.41, 5.74) is -1.62. The molecular formula is C13H13F3N2O4. The van der Waals surface area contributed by atoms with Gasteiger partial charge in [0.1, 0.15) is 5.69 Å². The van der Waals surface area contributed by atoms with Crippen LogP contribution in [0.15, 0.2) is 18.2 Å². The molecule has 1 fully saturated rings. The number of nitro benzene ring substituents is 1. The number of benzene rings is 1. The van der Waals surface area contributed by atoms with Crippen LogP contribution in [0.5, 0.6) is 0 Å². The minimum Gasteiger partial charge on any atom is -0.481 e. The molecule has 2 rings (SSSR count). The summed E-state index contributed by atoms with van der Waals surface area (Å²) in [7, 11) is 0. The summed E-state index contributed by atoms with van der Waals surface area (Å²) in [6.07, 6.45) is -4.05. The lowest BCUT2D eigenvalue weighted by Crippen LogP contribution is -2.36. The topological polar surface area (TPSA) is 83.7 Å². The Hall–Kier alpha value is -2.32. The molecule has 0 spiro atoms. The molecule has 9 heteroatoms. The Labute approximate surface area is 123 Å². The van der Waals surface area contributed by atoms with E-state index in [2.05, 4.69) is 0 Å². The molecule has 1 aromatic carbocycles. The van der Waals surface area contributed by atoms with Crippen LogP contribution < -0.4 is 4.90 Å². The molecule has 0 amide bonds. The van der Waals surface area contributed by atoms with Crippen molar-refractivity contribution in [3.63, 3.8) is 0 Å². The van der Waals surface area contributed by atoms with Crippen LogP contribution in [0.1, 0.15) is 18.4 Å². The molecule has 1 N–H and O–H groups in total. The van der Waals surface area contributed by atoms with E-state index in [0.717, 1.165) is 12.1 Å². The van der Waals surface area contributed by atoms with Gasteiger partial charge in [-0.25, -0.2) is 0 Å². The maximum Gasteiger partial charge on any atom is 0.416 e. The number of aliphatic carboxylic acids is 1. The number of carbonyl (C=O) groups is 1. The first-order valence-corrected chi connectivity index (χ1v) is 6.53. The van der Waals surface area contributed by atoms with Gasteiger partial charge in [-0.05, 0) is 25.0 Å². The summed E-state index contributed by atoms with van der Waals surface area (Å²) >= 11 is 0. The molecule has 1 aromatic rings. The number of nitro groups is 1. The summed E-state index contributed by atoms with van der Waals surface area (Å²) in [6, 6.07) is 2.38. The Balaban J connectivity index is 2.28. The van der Waals surface area contributed by atoms with Crippen LogP contribution in [-0.2, 0) is 11.0 Å². The summed E-state index contributed by atoms with van der Waals surface area (Å²) in [6.45, 7) is 0.506. The van der Waals surface area contributed by atoms with Crippen LogP contribution in [0, 0.1) is 16.0 Å². The van der Waals surface area contributed by atoms with E-state index in [4.69, 9.17) is 5.11 Å². The van der Waals surface area contributed by atoms with Gasteiger partial charge < -0.3 is 10.0 Å². The molecule has 1 aliphatic rings. The molecule has 1 saturated heterocycles. The van der Waals surface area contributed by atoms with Gasteiger partial charge in [0.15, 0.2) is 0 Å². The zero-order valence-electron chi connectivity index (χ0n) is 11.3. The Morgan fingerprint density at radius 2 is 1.91 bits per heavy atom. The van der Waals surface area contributed by atoms with Crippen molar-refractivity contribution in [2.24, 2.45) is 5.92 Å². The second-order valence-electron chi connectivity index (χ2n) is 5.06. The van der Waals surface area contributed by atoms with Crippen molar-refractivity contribution < 1.29 is 28.0 Å². The highest BCUT2D eigenvalue weighted by atomic mass is 19.4. The third-order valence-corrected chi connectivity index (χ3v) is 3.68. The van der Waals surface area contributed by atoms with Crippen LogP contribution in [0.25, 0.3) is 0 Å². The van der Waals surface area contributed by atoms with Gasteiger partial charge in [-0.15, -0.1) is 0 Å². The fourth-order valence-electron chi connectivity index (χ4n) is 2.48. The molecule has 120 valence electrons. The number of nitrogens with zero attached hydrogens (tertiary/aromatic N) is 2. The van der Waals surface area contributed by atoms with Crippen molar-refractivity contribution in [2.75, 3.05) is 18.0 Å². The minimum atomic E-state index is -4.65. The van der Waals surface area contributed by atoms with E-state index in [1.165, 1.54) is 0 Å². The van der Waals surface area contributed by atoms with Crippen molar-refractivity contribution in [1.29, 1.82) is 0 Å². The number of hydrogen-bond donors (Lipinski definition) is 1. The van der Waals surface area contributed by atoms with E-state index in [1.807, 2.05) is 0 Å². The van der Waals surface area contributed by atoms with Crippen molar-refractivity contribution in [3.05, 3.63) is 33.9 Å². The van der Waals surface area contributed by atoms with Crippen molar-refractivity contribution in [2.45, 2.75) is 19.0 Å². The average molecular weight is 318 g/mol. The van der Waals surface area contributed by atoms with Gasteiger partial charge in [-0.3, -0.25) is 14.9 Å². The number of carboxylic acids is 1. The first kappa shape index (κ1) is 16.1. The van der Waals surface area contributed by atoms with Gasteiger partial charge in [-0.1, -0.05) is 0 Å². The van der Waals surface area contributed by atoms with E-state index >= 15 is 0 Å². The fourth-order valence-corrected chi connectivity index (χ4v) is 2.48. The van der Waals surface area contributed by atoms with Crippen molar-refractivity contribution >= 4 is 17.3 Å². The first-order valence-electron chi connectivity index (χ1n) is 6.53. The van der Waals surface area contributed by atoms with Crippen LogP contribution in [-0.4, -0.2) is 29.1 Å². The number of piperidine rings is 1. The monoisotopic (exact) mass is 318 g/mol. The molecule has 0 aromatic heterocycles. The molecule has 1 aliphatic heterocycles. The number of alkyl halides is 3. The first-order chi connectivity index (χ1) is 10.2. The van der Waals surface area contributed by atoms with Gasteiger partial charge in [0.2, 0.25) is 0 Å². The highest BCUT2D eigenvalue weighted by molar-refractivity contribution is 5.71. The summed E-state index contributed by atoms with van der Waals surface area (Å²) in [5, 5.41) is 19.9. The van der Waals surface area contributed by atoms with E-state index in [-0.39, 0.29) is 18.8 Å². The largest absolute Gasteiger partial charge is 0.481 e. The normalized spacial score (nSPS) is 16.6.